The van der Waals surface area contributed by atoms with Gasteiger partial charge in [0.05, 0.1) is 0 Å². The summed E-state index contributed by atoms with van der Waals surface area (Å²) in [5.41, 5.74) is 1.41. The number of hydrogen-bond donors (Lipinski definition) is 1. The molecule has 1 aromatic carbocycles. The molecule has 0 heterocycles. The van der Waals surface area contributed by atoms with Crippen LogP contribution in [0.15, 0.2) is 28.7 Å². The zero-order valence-corrected chi connectivity index (χ0v) is 12.3. The van der Waals surface area contributed by atoms with Gasteiger partial charge in [0, 0.05) is 16.6 Å². The van der Waals surface area contributed by atoms with Gasteiger partial charge >= 0.3 is 0 Å². The Hall–Kier alpha value is -0.340. The molecule has 94 valence electrons. The SMILES string of the molecule is CCC(NC1CCCC1C)c1ccc(Br)cc1. The van der Waals surface area contributed by atoms with Crippen LogP contribution in [0.4, 0.5) is 0 Å². The fourth-order valence-electron chi connectivity index (χ4n) is 2.80. The highest BCUT2D eigenvalue weighted by atomic mass is 79.9. The first kappa shape index (κ1) is 13.1. The van der Waals surface area contributed by atoms with E-state index in [2.05, 4.69) is 59.4 Å². The molecular weight excluding hydrogens is 274 g/mol. The summed E-state index contributed by atoms with van der Waals surface area (Å²) in [6.07, 6.45) is 5.27. The van der Waals surface area contributed by atoms with Crippen LogP contribution in [0, 0.1) is 5.92 Å². The molecule has 0 spiro atoms. The van der Waals surface area contributed by atoms with E-state index in [9.17, 15) is 0 Å². The van der Waals surface area contributed by atoms with Crippen LogP contribution >= 0.6 is 15.9 Å². The summed E-state index contributed by atoms with van der Waals surface area (Å²) >= 11 is 3.49. The first-order chi connectivity index (χ1) is 8.20. The summed E-state index contributed by atoms with van der Waals surface area (Å²) in [5, 5.41) is 3.84. The molecule has 3 unspecified atom stereocenters. The maximum atomic E-state index is 3.84. The Kier molecular flexibility index (Phi) is 4.63. The molecule has 17 heavy (non-hydrogen) atoms. The van der Waals surface area contributed by atoms with Gasteiger partial charge in [-0.15, -0.1) is 0 Å². The molecule has 1 aliphatic rings. The van der Waals surface area contributed by atoms with Gasteiger partial charge in [-0.2, -0.15) is 0 Å². The van der Waals surface area contributed by atoms with Gasteiger partial charge in [0.2, 0.25) is 0 Å². The maximum absolute atomic E-state index is 3.84. The molecule has 1 saturated carbocycles. The number of hydrogen-bond acceptors (Lipinski definition) is 1. The lowest BCUT2D eigenvalue weighted by molar-refractivity contribution is 0.370. The molecule has 0 bridgehead atoms. The second-order valence-electron chi connectivity index (χ2n) is 5.19. The first-order valence-corrected chi connectivity index (χ1v) is 7.51. The molecule has 1 aliphatic carbocycles. The van der Waals surface area contributed by atoms with E-state index in [4.69, 9.17) is 0 Å². The van der Waals surface area contributed by atoms with Gasteiger partial charge < -0.3 is 5.32 Å². The molecule has 1 fully saturated rings. The Bertz CT molecular complexity index is 346. The molecule has 1 aromatic rings. The molecule has 2 heteroatoms. The number of benzene rings is 1. The molecule has 3 atom stereocenters. The average molecular weight is 296 g/mol. The minimum Gasteiger partial charge on any atom is -0.307 e. The highest BCUT2D eigenvalue weighted by Gasteiger charge is 2.25. The quantitative estimate of drug-likeness (QED) is 0.850. The van der Waals surface area contributed by atoms with Crippen LogP contribution in [0.1, 0.15) is 51.1 Å². The summed E-state index contributed by atoms with van der Waals surface area (Å²) in [6.45, 7) is 4.64. The van der Waals surface area contributed by atoms with Gasteiger partial charge in [0.25, 0.3) is 0 Å². The summed E-state index contributed by atoms with van der Waals surface area (Å²) in [4.78, 5) is 0. The van der Waals surface area contributed by atoms with Crippen molar-refractivity contribution in [2.75, 3.05) is 0 Å². The highest BCUT2D eigenvalue weighted by Crippen LogP contribution is 2.28. The van der Waals surface area contributed by atoms with E-state index in [1.54, 1.807) is 0 Å². The van der Waals surface area contributed by atoms with Gasteiger partial charge in [0.1, 0.15) is 0 Å². The fourth-order valence-corrected chi connectivity index (χ4v) is 3.06. The Morgan fingerprint density at radius 2 is 2.00 bits per heavy atom. The third-order valence-electron chi connectivity index (χ3n) is 3.96. The minimum atomic E-state index is 0.508. The molecule has 2 rings (SSSR count). The highest BCUT2D eigenvalue weighted by molar-refractivity contribution is 9.10. The standard InChI is InChI=1S/C15H22BrN/c1-3-14(12-7-9-13(16)10-8-12)17-15-6-4-5-11(15)2/h7-11,14-15,17H,3-6H2,1-2H3. The zero-order chi connectivity index (χ0) is 12.3. The molecule has 1 nitrogen and oxygen atoms in total. The van der Waals surface area contributed by atoms with E-state index in [1.807, 2.05) is 0 Å². The molecule has 0 amide bonds. The monoisotopic (exact) mass is 295 g/mol. The van der Waals surface area contributed by atoms with Crippen molar-refractivity contribution in [3.63, 3.8) is 0 Å². The van der Waals surface area contributed by atoms with Crippen molar-refractivity contribution in [1.82, 2.24) is 5.32 Å². The molecule has 1 N–H and O–H groups in total. The van der Waals surface area contributed by atoms with E-state index in [0.29, 0.717) is 12.1 Å². The van der Waals surface area contributed by atoms with Crippen LogP contribution in [-0.4, -0.2) is 6.04 Å². The predicted octanol–water partition coefficient (Wildman–Crippen LogP) is 4.68. The molecule has 0 radical (unpaired) electrons. The predicted molar refractivity (Wildman–Crippen MR) is 77.1 cm³/mol. The average Bonchev–Trinajstić information content (AvgIpc) is 2.73. The number of rotatable bonds is 4. The van der Waals surface area contributed by atoms with Crippen LogP contribution in [-0.2, 0) is 0 Å². The van der Waals surface area contributed by atoms with Crippen molar-refractivity contribution in [2.24, 2.45) is 5.92 Å². The van der Waals surface area contributed by atoms with Crippen LogP contribution < -0.4 is 5.32 Å². The smallest absolute Gasteiger partial charge is 0.0320 e. The largest absolute Gasteiger partial charge is 0.307 e. The second kappa shape index (κ2) is 6.01. The van der Waals surface area contributed by atoms with Crippen LogP contribution in [0.5, 0.6) is 0 Å². The summed E-state index contributed by atoms with van der Waals surface area (Å²) in [7, 11) is 0. The lowest BCUT2D eigenvalue weighted by Gasteiger charge is -2.25. The Morgan fingerprint density at radius 1 is 1.29 bits per heavy atom. The van der Waals surface area contributed by atoms with Crippen molar-refractivity contribution in [2.45, 2.75) is 51.6 Å². The number of halogens is 1. The summed E-state index contributed by atoms with van der Waals surface area (Å²) in [5.74, 6) is 0.833. The van der Waals surface area contributed by atoms with E-state index in [0.717, 1.165) is 16.8 Å². The molecule has 0 aromatic heterocycles. The normalized spacial score (nSPS) is 26.1. The topological polar surface area (TPSA) is 12.0 Å². The third kappa shape index (κ3) is 3.32. The maximum Gasteiger partial charge on any atom is 0.0320 e. The first-order valence-electron chi connectivity index (χ1n) is 6.72. The Morgan fingerprint density at radius 3 is 2.53 bits per heavy atom. The molecule has 0 saturated heterocycles. The van der Waals surface area contributed by atoms with E-state index in [1.165, 1.54) is 24.8 Å². The van der Waals surface area contributed by atoms with E-state index >= 15 is 0 Å². The van der Waals surface area contributed by atoms with Crippen molar-refractivity contribution < 1.29 is 0 Å². The zero-order valence-electron chi connectivity index (χ0n) is 10.7. The van der Waals surface area contributed by atoms with Crippen molar-refractivity contribution in [1.29, 1.82) is 0 Å². The molecular formula is C15H22BrN. The fraction of sp³-hybridized carbons (Fsp3) is 0.600. The van der Waals surface area contributed by atoms with Gasteiger partial charge in [-0.05, 0) is 42.9 Å². The van der Waals surface area contributed by atoms with Gasteiger partial charge in [-0.3, -0.25) is 0 Å². The van der Waals surface area contributed by atoms with Crippen molar-refractivity contribution in [3.05, 3.63) is 34.3 Å². The van der Waals surface area contributed by atoms with Gasteiger partial charge in [0.15, 0.2) is 0 Å². The van der Waals surface area contributed by atoms with Gasteiger partial charge in [-0.25, -0.2) is 0 Å². The van der Waals surface area contributed by atoms with Gasteiger partial charge in [-0.1, -0.05) is 48.3 Å². The summed E-state index contributed by atoms with van der Waals surface area (Å²) < 4.78 is 1.16. The third-order valence-corrected chi connectivity index (χ3v) is 4.49. The summed E-state index contributed by atoms with van der Waals surface area (Å²) in [6, 6.07) is 9.95. The van der Waals surface area contributed by atoms with Crippen molar-refractivity contribution in [3.8, 4) is 0 Å². The van der Waals surface area contributed by atoms with Crippen LogP contribution in [0.3, 0.4) is 0 Å². The lowest BCUT2D eigenvalue weighted by atomic mass is 10.0. The lowest BCUT2D eigenvalue weighted by Crippen LogP contribution is -2.34. The Balaban J connectivity index is 2.03. The van der Waals surface area contributed by atoms with Crippen LogP contribution in [0.2, 0.25) is 0 Å². The second-order valence-corrected chi connectivity index (χ2v) is 6.11. The number of nitrogens with one attached hydrogen (secondary N) is 1. The molecule has 0 aliphatic heterocycles. The van der Waals surface area contributed by atoms with E-state index < -0.39 is 0 Å². The minimum absolute atomic E-state index is 0.508. The van der Waals surface area contributed by atoms with Crippen molar-refractivity contribution >= 4 is 15.9 Å². The van der Waals surface area contributed by atoms with E-state index in [-0.39, 0.29) is 0 Å². The van der Waals surface area contributed by atoms with Crippen LogP contribution in [0.25, 0.3) is 0 Å². The Labute approximate surface area is 113 Å².